The van der Waals surface area contributed by atoms with Crippen LogP contribution in [0.3, 0.4) is 0 Å². The zero-order chi connectivity index (χ0) is 11.1. The largest absolute Gasteiger partial charge is 0.481 e. The van der Waals surface area contributed by atoms with Crippen molar-refractivity contribution in [1.29, 1.82) is 0 Å². The number of piperidine rings is 1. The minimum atomic E-state index is -0.663. The third-order valence-electron chi connectivity index (χ3n) is 3.09. The van der Waals surface area contributed by atoms with Gasteiger partial charge in [0, 0.05) is 13.2 Å². The van der Waals surface area contributed by atoms with E-state index in [1.807, 2.05) is 0 Å². The van der Waals surface area contributed by atoms with Crippen LogP contribution in [0.5, 0.6) is 0 Å². The lowest BCUT2D eigenvalue weighted by Gasteiger charge is -2.33. The number of nitrogens with one attached hydrogen (secondary N) is 1. The predicted octanol–water partition coefficient (Wildman–Crippen LogP) is 1.26. The highest BCUT2D eigenvalue weighted by Gasteiger charge is 2.39. The highest BCUT2D eigenvalue weighted by Crippen LogP contribution is 2.32. The summed E-state index contributed by atoms with van der Waals surface area (Å²) >= 11 is 0. The summed E-state index contributed by atoms with van der Waals surface area (Å²) in [6.45, 7) is 4.96. The van der Waals surface area contributed by atoms with Gasteiger partial charge in [-0.3, -0.25) is 4.79 Å². The van der Waals surface area contributed by atoms with E-state index < -0.39 is 11.4 Å². The van der Waals surface area contributed by atoms with Crippen LogP contribution in [0.15, 0.2) is 0 Å². The summed E-state index contributed by atoms with van der Waals surface area (Å²) in [6.07, 6.45) is 3.07. The molecule has 15 heavy (non-hydrogen) atoms. The maximum absolute atomic E-state index is 11.3. The van der Waals surface area contributed by atoms with Gasteiger partial charge in [-0.1, -0.05) is 6.92 Å². The summed E-state index contributed by atoms with van der Waals surface area (Å²) in [6, 6.07) is 0. The molecule has 0 radical (unpaired) electrons. The Morgan fingerprint density at radius 1 is 1.40 bits per heavy atom. The predicted molar refractivity (Wildman–Crippen MR) is 57.9 cm³/mol. The molecule has 1 heterocycles. The Morgan fingerprint density at radius 3 is 2.60 bits per heavy atom. The minimum Gasteiger partial charge on any atom is -0.481 e. The van der Waals surface area contributed by atoms with Crippen molar-refractivity contribution in [2.45, 2.75) is 32.6 Å². The SMILES string of the molecule is CCCOCCC1(C(=O)O)CCNCC1. The molecule has 0 aromatic rings. The quantitative estimate of drug-likeness (QED) is 0.655. The lowest BCUT2D eigenvalue weighted by Crippen LogP contribution is -2.42. The molecule has 2 N–H and O–H groups in total. The van der Waals surface area contributed by atoms with E-state index in [0.717, 1.165) is 39.0 Å². The van der Waals surface area contributed by atoms with Crippen molar-refractivity contribution in [3.8, 4) is 0 Å². The number of carboxylic acid groups (broad SMARTS) is 1. The average Bonchev–Trinajstić information content (AvgIpc) is 2.26. The van der Waals surface area contributed by atoms with Crippen LogP contribution < -0.4 is 5.32 Å². The van der Waals surface area contributed by atoms with Crippen LogP contribution in [0, 0.1) is 5.41 Å². The van der Waals surface area contributed by atoms with Crippen LogP contribution in [0.25, 0.3) is 0 Å². The second-order valence-electron chi connectivity index (χ2n) is 4.20. The van der Waals surface area contributed by atoms with Gasteiger partial charge in [0.15, 0.2) is 0 Å². The Balaban J connectivity index is 2.39. The molecule has 1 rings (SSSR count). The Kier molecular flexibility index (Phi) is 5.05. The molecular formula is C11H21NO3. The molecule has 0 unspecified atom stereocenters. The van der Waals surface area contributed by atoms with Crippen molar-refractivity contribution in [2.75, 3.05) is 26.3 Å². The first-order chi connectivity index (χ1) is 7.21. The summed E-state index contributed by atoms with van der Waals surface area (Å²) < 4.78 is 5.38. The molecule has 0 aliphatic carbocycles. The van der Waals surface area contributed by atoms with Gasteiger partial charge in [0.2, 0.25) is 0 Å². The molecule has 1 aliphatic heterocycles. The molecule has 88 valence electrons. The zero-order valence-electron chi connectivity index (χ0n) is 9.42. The molecular weight excluding hydrogens is 194 g/mol. The first-order valence-electron chi connectivity index (χ1n) is 5.73. The van der Waals surface area contributed by atoms with Crippen LogP contribution >= 0.6 is 0 Å². The van der Waals surface area contributed by atoms with Gasteiger partial charge in [0.25, 0.3) is 0 Å². The van der Waals surface area contributed by atoms with Crippen LogP contribution in [-0.4, -0.2) is 37.4 Å². The van der Waals surface area contributed by atoms with Crippen LogP contribution in [0.2, 0.25) is 0 Å². The minimum absolute atomic E-state index is 0.543. The van der Waals surface area contributed by atoms with Gasteiger partial charge in [-0.2, -0.15) is 0 Å². The van der Waals surface area contributed by atoms with Gasteiger partial charge in [-0.25, -0.2) is 0 Å². The monoisotopic (exact) mass is 215 g/mol. The van der Waals surface area contributed by atoms with Crippen LogP contribution in [0.1, 0.15) is 32.6 Å². The van der Waals surface area contributed by atoms with Crippen molar-refractivity contribution in [3.05, 3.63) is 0 Å². The average molecular weight is 215 g/mol. The van der Waals surface area contributed by atoms with E-state index >= 15 is 0 Å². The van der Waals surface area contributed by atoms with Gasteiger partial charge in [-0.05, 0) is 38.8 Å². The Morgan fingerprint density at radius 2 is 2.07 bits per heavy atom. The molecule has 0 aromatic carbocycles. The fourth-order valence-corrected chi connectivity index (χ4v) is 1.99. The number of hydrogen-bond donors (Lipinski definition) is 2. The smallest absolute Gasteiger partial charge is 0.309 e. The molecule has 4 heteroatoms. The van der Waals surface area contributed by atoms with Crippen LogP contribution in [0.4, 0.5) is 0 Å². The van der Waals surface area contributed by atoms with E-state index in [-0.39, 0.29) is 0 Å². The van der Waals surface area contributed by atoms with Crippen molar-refractivity contribution in [2.24, 2.45) is 5.41 Å². The van der Waals surface area contributed by atoms with Crippen LogP contribution in [-0.2, 0) is 9.53 Å². The van der Waals surface area contributed by atoms with E-state index in [1.165, 1.54) is 0 Å². The number of carboxylic acids is 1. The Labute approximate surface area is 91.0 Å². The zero-order valence-corrected chi connectivity index (χ0v) is 9.42. The van der Waals surface area contributed by atoms with Crippen molar-refractivity contribution < 1.29 is 14.6 Å². The van der Waals surface area contributed by atoms with Gasteiger partial charge in [0.05, 0.1) is 5.41 Å². The fourth-order valence-electron chi connectivity index (χ4n) is 1.99. The second-order valence-corrected chi connectivity index (χ2v) is 4.20. The van der Waals surface area contributed by atoms with Gasteiger partial charge in [0.1, 0.15) is 0 Å². The maximum atomic E-state index is 11.3. The van der Waals surface area contributed by atoms with Gasteiger partial charge >= 0.3 is 5.97 Å². The van der Waals surface area contributed by atoms with E-state index in [4.69, 9.17) is 4.74 Å². The molecule has 0 aromatic heterocycles. The topological polar surface area (TPSA) is 58.6 Å². The highest BCUT2D eigenvalue weighted by molar-refractivity contribution is 5.74. The summed E-state index contributed by atoms with van der Waals surface area (Å²) in [7, 11) is 0. The molecule has 0 amide bonds. The standard InChI is InChI=1S/C11H21NO3/c1-2-8-15-9-5-11(10(13)14)3-6-12-7-4-11/h12H,2-9H2,1H3,(H,13,14). The summed E-state index contributed by atoms with van der Waals surface area (Å²) in [4.78, 5) is 11.3. The first-order valence-corrected chi connectivity index (χ1v) is 5.73. The lowest BCUT2D eigenvalue weighted by molar-refractivity contribution is -0.152. The van der Waals surface area contributed by atoms with Gasteiger partial charge in [-0.15, -0.1) is 0 Å². The normalized spacial score (nSPS) is 20.1. The lowest BCUT2D eigenvalue weighted by atomic mass is 9.76. The molecule has 1 fully saturated rings. The summed E-state index contributed by atoms with van der Waals surface area (Å²) in [5.74, 6) is -0.663. The second kappa shape index (κ2) is 6.08. The summed E-state index contributed by atoms with van der Waals surface area (Å²) in [5.41, 5.74) is -0.543. The molecule has 0 saturated carbocycles. The Bertz CT molecular complexity index is 200. The molecule has 4 nitrogen and oxygen atoms in total. The third-order valence-corrected chi connectivity index (χ3v) is 3.09. The Hall–Kier alpha value is -0.610. The van der Waals surface area contributed by atoms with E-state index in [9.17, 15) is 9.90 Å². The maximum Gasteiger partial charge on any atom is 0.309 e. The molecule has 0 bridgehead atoms. The first kappa shape index (κ1) is 12.5. The van der Waals surface area contributed by atoms with Gasteiger partial charge < -0.3 is 15.2 Å². The van der Waals surface area contributed by atoms with E-state index in [2.05, 4.69) is 12.2 Å². The number of aliphatic carboxylic acids is 1. The van der Waals surface area contributed by atoms with E-state index in [0.29, 0.717) is 13.0 Å². The number of carbonyl (C=O) groups is 1. The highest BCUT2D eigenvalue weighted by atomic mass is 16.5. The summed E-state index contributed by atoms with van der Waals surface area (Å²) in [5, 5.41) is 12.5. The third kappa shape index (κ3) is 3.47. The molecule has 0 spiro atoms. The van der Waals surface area contributed by atoms with Crippen molar-refractivity contribution >= 4 is 5.97 Å². The number of ether oxygens (including phenoxy) is 1. The molecule has 1 saturated heterocycles. The number of hydrogen-bond acceptors (Lipinski definition) is 3. The number of rotatable bonds is 6. The fraction of sp³-hybridized carbons (Fsp3) is 0.909. The van der Waals surface area contributed by atoms with Crippen molar-refractivity contribution in [1.82, 2.24) is 5.32 Å². The molecule has 0 atom stereocenters. The van der Waals surface area contributed by atoms with E-state index in [1.54, 1.807) is 0 Å². The van der Waals surface area contributed by atoms with Crippen molar-refractivity contribution in [3.63, 3.8) is 0 Å². The molecule has 1 aliphatic rings.